The van der Waals surface area contributed by atoms with E-state index in [1.165, 1.54) is 6.92 Å². The van der Waals surface area contributed by atoms with Crippen LogP contribution in [0.4, 0.5) is 0 Å². The van der Waals surface area contributed by atoms with Crippen LogP contribution >= 0.6 is 0 Å². The van der Waals surface area contributed by atoms with Crippen LogP contribution in [0.3, 0.4) is 0 Å². The standard InChI is InChI=1S/C7H15NO4S/c1-3-8-7(10)6(2)13(11,12)5-4-9/h6,9H,3-5H2,1-2H3,(H,8,10). The first kappa shape index (κ1) is 12.4. The van der Waals surface area contributed by atoms with Crippen LogP contribution in [0.5, 0.6) is 0 Å². The fraction of sp³-hybridized carbons (Fsp3) is 0.857. The highest BCUT2D eigenvalue weighted by molar-refractivity contribution is 7.92. The Bertz CT molecular complexity index is 260. The van der Waals surface area contributed by atoms with Crippen LogP contribution in [-0.2, 0) is 14.6 Å². The molecule has 1 unspecified atom stereocenters. The van der Waals surface area contributed by atoms with Gasteiger partial charge in [-0.3, -0.25) is 4.79 Å². The van der Waals surface area contributed by atoms with Crippen molar-refractivity contribution in [3.8, 4) is 0 Å². The second-order valence-electron chi connectivity index (χ2n) is 2.63. The smallest absolute Gasteiger partial charge is 0.238 e. The molecule has 2 N–H and O–H groups in total. The second-order valence-corrected chi connectivity index (χ2v) is 5.07. The molecule has 0 rings (SSSR count). The van der Waals surface area contributed by atoms with Gasteiger partial charge in [0.15, 0.2) is 9.84 Å². The summed E-state index contributed by atoms with van der Waals surface area (Å²) in [5.41, 5.74) is 0. The molecule has 6 heteroatoms. The van der Waals surface area contributed by atoms with Crippen molar-refractivity contribution in [3.63, 3.8) is 0 Å². The van der Waals surface area contributed by atoms with Crippen LogP contribution in [0, 0.1) is 0 Å². The van der Waals surface area contributed by atoms with Crippen LogP contribution < -0.4 is 5.32 Å². The van der Waals surface area contributed by atoms with Gasteiger partial charge < -0.3 is 10.4 Å². The van der Waals surface area contributed by atoms with Crippen LogP contribution in [-0.4, -0.2) is 43.6 Å². The molecule has 1 atom stereocenters. The maximum absolute atomic E-state index is 11.2. The minimum atomic E-state index is -3.49. The summed E-state index contributed by atoms with van der Waals surface area (Å²) < 4.78 is 22.5. The molecule has 1 amide bonds. The van der Waals surface area contributed by atoms with E-state index in [4.69, 9.17) is 5.11 Å². The summed E-state index contributed by atoms with van der Waals surface area (Å²) >= 11 is 0. The minimum Gasteiger partial charge on any atom is -0.395 e. The molecule has 0 aliphatic carbocycles. The molecular formula is C7H15NO4S. The number of hydrogen-bond acceptors (Lipinski definition) is 4. The predicted octanol–water partition coefficient (Wildman–Crippen LogP) is -1.08. The molecule has 5 nitrogen and oxygen atoms in total. The van der Waals surface area contributed by atoms with Gasteiger partial charge in [-0.25, -0.2) is 8.42 Å². The first-order valence-corrected chi connectivity index (χ1v) is 5.77. The van der Waals surface area contributed by atoms with Crippen molar-refractivity contribution < 1.29 is 18.3 Å². The molecule has 0 heterocycles. The third-order valence-corrected chi connectivity index (χ3v) is 3.68. The summed E-state index contributed by atoms with van der Waals surface area (Å²) in [6, 6.07) is 0. The first-order chi connectivity index (χ1) is 5.95. The number of aliphatic hydroxyl groups excluding tert-OH is 1. The van der Waals surface area contributed by atoms with Gasteiger partial charge in [0.2, 0.25) is 5.91 Å². The zero-order valence-corrected chi connectivity index (χ0v) is 8.60. The number of sulfone groups is 1. The fourth-order valence-electron chi connectivity index (χ4n) is 0.785. The van der Waals surface area contributed by atoms with Crippen LogP contribution in [0.2, 0.25) is 0 Å². The Kier molecular flexibility index (Phi) is 4.94. The molecular weight excluding hydrogens is 194 g/mol. The Morgan fingerprint density at radius 1 is 1.54 bits per heavy atom. The number of hydrogen-bond donors (Lipinski definition) is 2. The van der Waals surface area contributed by atoms with Crippen molar-refractivity contribution in [2.45, 2.75) is 19.1 Å². The number of aliphatic hydroxyl groups is 1. The number of carbonyl (C=O) groups is 1. The Morgan fingerprint density at radius 2 is 2.08 bits per heavy atom. The number of carbonyl (C=O) groups excluding carboxylic acids is 1. The third kappa shape index (κ3) is 3.73. The molecule has 0 spiro atoms. The zero-order valence-electron chi connectivity index (χ0n) is 7.78. The molecule has 0 aromatic carbocycles. The maximum atomic E-state index is 11.2. The van der Waals surface area contributed by atoms with E-state index in [1.807, 2.05) is 0 Å². The van der Waals surface area contributed by atoms with Gasteiger partial charge in [-0.05, 0) is 13.8 Å². The molecule has 0 saturated carbocycles. The van der Waals surface area contributed by atoms with E-state index in [0.29, 0.717) is 6.54 Å². The lowest BCUT2D eigenvalue weighted by Crippen LogP contribution is -2.39. The van der Waals surface area contributed by atoms with Gasteiger partial charge in [0, 0.05) is 6.54 Å². The quantitative estimate of drug-likeness (QED) is 0.603. The van der Waals surface area contributed by atoms with E-state index in [9.17, 15) is 13.2 Å². The molecule has 0 aromatic heterocycles. The topological polar surface area (TPSA) is 83.5 Å². The lowest BCUT2D eigenvalue weighted by atomic mass is 10.4. The van der Waals surface area contributed by atoms with Gasteiger partial charge in [-0.2, -0.15) is 0 Å². The van der Waals surface area contributed by atoms with Gasteiger partial charge in [-0.1, -0.05) is 0 Å². The highest BCUT2D eigenvalue weighted by atomic mass is 32.2. The summed E-state index contributed by atoms with van der Waals surface area (Å²) in [6.07, 6.45) is 0. The Hall–Kier alpha value is -0.620. The monoisotopic (exact) mass is 209 g/mol. The first-order valence-electron chi connectivity index (χ1n) is 4.05. The lowest BCUT2D eigenvalue weighted by molar-refractivity contribution is -0.120. The van der Waals surface area contributed by atoms with E-state index in [0.717, 1.165) is 0 Å². The van der Waals surface area contributed by atoms with E-state index in [2.05, 4.69) is 5.32 Å². The summed E-state index contributed by atoms with van der Waals surface area (Å²) in [5.74, 6) is -0.887. The van der Waals surface area contributed by atoms with Gasteiger partial charge >= 0.3 is 0 Å². The van der Waals surface area contributed by atoms with Crippen LogP contribution in [0.15, 0.2) is 0 Å². The Balaban J connectivity index is 4.40. The molecule has 0 aliphatic heterocycles. The minimum absolute atomic E-state index is 0.370. The largest absolute Gasteiger partial charge is 0.395 e. The molecule has 0 bridgehead atoms. The molecule has 0 radical (unpaired) electrons. The highest BCUT2D eigenvalue weighted by Crippen LogP contribution is 2.01. The molecule has 78 valence electrons. The number of rotatable bonds is 5. The molecule has 0 saturated heterocycles. The molecule has 0 aromatic rings. The maximum Gasteiger partial charge on any atom is 0.238 e. The van der Waals surface area contributed by atoms with Crippen molar-refractivity contribution in [3.05, 3.63) is 0 Å². The summed E-state index contributed by atoms with van der Waals surface area (Å²) in [4.78, 5) is 11.1. The van der Waals surface area contributed by atoms with Gasteiger partial charge in [0.05, 0.1) is 12.4 Å². The van der Waals surface area contributed by atoms with Crippen molar-refractivity contribution in [2.75, 3.05) is 18.9 Å². The number of amides is 1. The summed E-state index contributed by atoms with van der Waals surface area (Å²) in [7, 11) is -3.49. The van der Waals surface area contributed by atoms with E-state index in [1.54, 1.807) is 6.92 Å². The third-order valence-electron chi connectivity index (χ3n) is 1.63. The zero-order chi connectivity index (χ0) is 10.5. The lowest BCUT2D eigenvalue weighted by Gasteiger charge is -2.10. The molecule has 13 heavy (non-hydrogen) atoms. The average molecular weight is 209 g/mol. The van der Waals surface area contributed by atoms with Crippen molar-refractivity contribution in [1.29, 1.82) is 0 Å². The van der Waals surface area contributed by atoms with Gasteiger partial charge in [0.25, 0.3) is 0 Å². The Morgan fingerprint density at radius 3 is 2.46 bits per heavy atom. The van der Waals surface area contributed by atoms with Crippen molar-refractivity contribution in [2.24, 2.45) is 0 Å². The van der Waals surface area contributed by atoms with Crippen LogP contribution in [0.1, 0.15) is 13.8 Å². The highest BCUT2D eigenvalue weighted by Gasteiger charge is 2.26. The average Bonchev–Trinajstić information content (AvgIpc) is 2.03. The molecule has 0 fully saturated rings. The van der Waals surface area contributed by atoms with Crippen molar-refractivity contribution >= 4 is 15.7 Å². The summed E-state index contributed by atoms with van der Waals surface area (Å²) in [6.45, 7) is 2.98. The van der Waals surface area contributed by atoms with E-state index < -0.39 is 27.6 Å². The van der Waals surface area contributed by atoms with Gasteiger partial charge in [0.1, 0.15) is 5.25 Å². The van der Waals surface area contributed by atoms with Crippen molar-refractivity contribution in [1.82, 2.24) is 5.32 Å². The molecule has 0 aliphatic rings. The SMILES string of the molecule is CCNC(=O)C(C)S(=O)(=O)CCO. The predicted molar refractivity (Wildman–Crippen MR) is 49.0 cm³/mol. The number of nitrogens with one attached hydrogen (secondary N) is 1. The van der Waals surface area contributed by atoms with E-state index >= 15 is 0 Å². The Labute approximate surface area is 78.1 Å². The van der Waals surface area contributed by atoms with E-state index in [-0.39, 0.29) is 5.75 Å². The fourth-order valence-corrected chi connectivity index (χ4v) is 1.80. The second kappa shape index (κ2) is 5.18. The van der Waals surface area contributed by atoms with Crippen LogP contribution in [0.25, 0.3) is 0 Å². The summed E-state index contributed by atoms with van der Waals surface area (Å²) in [5, 5.41) is 9.78. The van der Waals surface area contributed by atoms with Gasteiger partial charge in [-0.15, -0.1) is 0 Å². The normalized spacial score (nSPS) is 13.8.